The minimum atomic E-state index is 0.0525. The van der Waals surface area contributed by atoms with Crippen molar-refractivity contribution in [2.24, 2.45) is 5.92 Å². The summed E-state index contributed by atoms with van der Waals surface area (Å²) in [6.45, 7) is 2.82. The second kappa shape index (κ2) is 6.05. The predicted octanol–water partition coefficient (Wildman–Crippen LogP) is 1.61. The molecule has 1 aromatic rings. The van der Waals surface area contributed by atoms with Gasteiger partial charge in [0.05, 0.1) is 0 Å². The first-order valence-corrected chi connectivity index (χ1v) is 5.29. The van der Waals surface area contributed by atoms with E-state index in [4.69, 9.17) is 28.3 Å². The third-order valence-electron chi connectivity index (χ3n) is 1.86. The smallest absolute Gasteiger partial charge is 0.245 e. The van der Waals surface area contributed by atoms with Crippen molar-refractivity contribution in [1.29, 1.82) is 0 Å². The lowest BCUT2D eigenvalue weighted by Crippen LogP contribution is -2.14. The van der Waals surface area contributed by atoms with Crippen molar-refractivity contribution in [2.75, 3.05) is 18.5 Å². The molecule has 0 aromatic carbocycles. The molecule has 7 heteroatoms. The summed E-state index contributed by atoms with van der Waals surface area (Å²) < 4.78 is 0. The second-order valence-electron chi connectivity index (χ2n) is 3.22. The molecule has 0 spiro atoms. The summed E-state index contributed by atoms with van der Waals surface area (Å²) in [7, 11) is 0. The van der Waals surface area contributed by atoms with Gasteiger partial charge in [0.15, 0.2) is 11.0 Å². The van der Waals surface area contributed by atoms with E-state index in [-0.39, 0.29) is 17.0 Å². The molecular formula is C8H12Cl2N4O. The maximum Gasteiger partial charge on any atom is 0.245 e. The molecule has 0 bridgehead atoms. The van der Waals surface area contributed by atoms with Crippen LogP contribution in [0.1, 0.15) is 13.3 Å². The van der Waals surface area contributed by atoms with Crippen LogP contribution in [0.25, 0.3) is 0 Å². The summed E-state index contributed by atoms with van der Waals surface area (Å²) >= 11 is 11.3. The van der Waals surface area contributed by atoms with Crippen LogP contribution in [-0.4, -0.2) is 33.4 Å². The molecule has 1 atom stereocenters. The van der Waals surface area contributed by atoms with Crippen LogP contribution in [0.2, 0.25) is 10.4 Å². The van der Waals surface area contributed by atoms with Gasteiger partial charge < -0.3 is 10.4 Å². The fourth-order valence-electron chi connectivity index (χ4n) is 0.999. The fourth-order valence-corrected chi connectivity index (χ4v) is 1.27. The molecule has 1 unspecified atom stereocenters. The van der Waals surface area contributed by atoms with Gasteiger partial charge in [-0.1, -0.05) is 18.5 Å². The van der Waals surface area contributed by atoms with Gasteiger partial charge in [-0.15, -0.1) is 10.2 Å². The Labute approximate surface area is 97.8 Å². The maximum absolute atomic E-state index is 8.72. The Morgan fingerprint density at radius 2 is 2.13 bits per heavy atom. The summed E-state index contributed by atoms with van der Waals surface area (Å²) in [6.07, 6.45) is 0.719. The summed E-state index contributed by atoms with van der Waals surface area (Å²) in [4.78, 5) is 3.89. The highest BCUT2D eigenvalue weighted by atomic mass is 35.5. The van der Waals surface area contributed by atoms with E-state index in [0.717, 1.165) is 6.42 Å². The zero-order valence-electron chi connectivity index (χ0n) is 8.24. The average Bonchev–Trinajstić information content (AvgIpc) is 2.20. The molecule has 0 saturated carbocycles. The first-order valence-electron chi connectivity index (χ1n) is 4.54. The quantitative estimate of drug-likeness (QED) is 0.831. The van der Waals surface area contributed by atoms with Gasteiger partial charge in [-0.3, -0.25) is 0 Å². The molecule has 15 heavy (non-hydrogen) atoms. The van der Waals surface area contributed by atoms with Crippen molar-refractivity contribution < 1.29 is 5.11 Å². The SMILES string of the molecule is CC(CCO)CNc1nc(Cl)nnc1Cl. The van der Waals surface area contributed by atoms with Gasteiger partial charge in [0.2, 0.25) is 5.28 Å². The lowest BCUT2D eigenvalue weighted by atomic mass is 10.1. The minimum absolute atomic E-state index is 0.0525. The van der Waals surface area contributed by atoms with Crippen LogP contribution in [0.5, 0.6) is 0 Å². The third-order valence-corrected chi connectivity index (χ3v) is 2.27. The van der Waals surface area contributed by atoms with Crippen molar-refractivity contribution in [1.82, 2.24) is 15.2 Å². The molecule has 1 aromatic heterocycles. The number of nitrogens with one attached hydrogen (secondary N) is 1. The number of halogens is 2. The number of hydrogen-bond acceptors (Lipinski definition) is 5. The summed E-state index contributed by atoms with van der Waals surface area (Å²) in [5, 5.41) is 19.1. The van der Waals surface area contributed by atoms with Crippen LogP contribution >= 0.6 is 23.2 Å². The third kappa shape index (κ3) is 4.15. The number of nitrogens with zero attached hydrogens (tertiary/aromatic N) is 3. The maximum atomic E-state index is 8.72. The standard InChI is InChI=1S/C8H12Cl2N4O/c1-5(2-3-15)4-11-7-6(9)13-14-8(10)12-7/h5,15H,2-4H2,1H3,(H,11,12,14). The minimum Gasteiger partial charge on any atom is -0.396 e. The van der Waals surface area contributed by atoms with Gasteiger partial charge in [-0.25, -0.2) is 0 Å². The van der Waals surface area contributed by atoms with Gasteiger partial charge in [0, 0.05) is 13.2 Å². The highest BCUT2D eigenvalue weighted by Crippen LogP contribution is 2.17. The van der Waals surface area contributed by atoms with Crippen molar-refractivity contribution in [3.8, 4) is 0 Å². The zero-order chi connectivity index (χ0) is 11.3. The largest absolute Gasteiger partial charge is 0.396 e. The van der Waals surface area contributed by atoms with Crippen LogP contribution in [0, 0.1) is 5.92 Å². The summed E-state index contributed by atoms with van der Waals surface area (Å²) in [5.74, 6) is 0.737. The lowest BCUT2D eigenvalue weighted by Gasteiger charge is -2.11. The Morgan fingerprint density at radius 1 is 1.40 bits per heavy atom. The second-order valence-corrected chi connectivity index (χ2v) is 3.91. The molecule has 1 rings (SSSR count). The number of hydrogen-bond donors (Lipinski definition) is 2. The Bertz CT molecular complexity index is 324. The molecule has 0 saturated heterocycles. The average molecular weight is 251 g/mol. The topological polar surface area (TPSA) is 70.9 Å². The van der Waals surface area contributed by atoms with Crippen molar-refractivity contribution >= 4 is 29.0 Å². The van der Waals surface area contributed by atoms with Gasteiger partial charge in [0.1, 0.15) is 0 Å². The first-order chi connectivity index (χ1) is 7.13. The van der Waals surface area contributed by atoms with Gasteiger partial charge in [-0.2, -0.15) is 4.98 Å². The number of aliphatic hydroxyl groups excluding tert-OH is 1. The number of aromatic nitrogens is 3. The van der Waals surface area contributed by atoms with Crippen LogP contribution in [-0.2, 0) is 0 Å². The van der Waals surface area contributed by atoms with Gasteiger partial charge in [0.25, 0.3) is 0 Å². The van der Waals surface area contributed by atoms with Crippen LogP contribution in [0.3, 0.4) is 0 Å². The van der Waals surface area contributed by atoms with Crippen LogP contribution in [0.4, 0.5) is 5.82 Å². The van der Waals surface area contributed by atoms with Crippen molar-refractivity contribution in [3.63, 3.8) is 0 Å². The number of anilines is 1. The Balaban J connectivity index is 2.53. The highest BCUT2D eigenvalue weighted by Gasteiger charge is 2.07. The zero-order valence-corrected chi connectivity index (χ0v) is 9.76. The Kier molecular flexibility index (Phi) is 5.01. The molecule has 0 fully saturated rings. The fraction of sp³-hybridized carbons (Fsp3) is 0.625. The highest BCUT2D eigenvalue weighted by molar-refractivity contribution is 6.32. The van der Waals surface area contributed by atoms with Crippen LogP contribution in [0.15, 0.2) is 0 Å². The Morgan fingerprint density at radius 3 is 2.80 bits per heavy atom. The van der Waals surface area contributed by atoms with E-state index in [1.165, 1.54) is 0 Å². The molecule has 0 aliphatic heterocycles. The van der Waals surface area contributed by atoms with E-state index in [1.807, 2.05) is 6.92 Å². The van der Waals surface area contributed by atoms with Gasteiger partial charge in [-0.05, 0) is 23.9 Å². The molecule has 84 valence electrons. The van der Waals surface area contributed by atoms with Crippen molar-refractivity contribution in [3.05, 3.63) is 10.4 Å². The van der Waals surface area contributed by atoms with E-state index in [0.29, 0.717) is 18.3 Å². The van der Waals surface area contributed by atoms with E-state index < -0.39 is 0 Å². The van der Waals surface area contributed by atoms with Crippen molar-refractivity contribution in [2.45, 2.75) is 13.3 Å². The number of aliphatic hydroxyl groups is 1. The van der Waals surface area contributed by atoms with Gasteiger partial charge >= 0.3 is 0 Å². The normalized spacial score (nSPS) is 12.5. The monoisotopic (exact) mass is 250 g/mol. The van der Waals surface area contributed by atoms with E-state index in [9.17, 15) is 0 Å². The molecule has 1 heterocycles. The lowest BCUT2D eigenvalue weighted by molar-refractivity contribution is 0.266. The van der Waals surface area contributed by atoms with E-state index >= 15 is 0 Å². The van der Waals surface area contributed by atoms with E-state index in [2.05, 4.69) is 20.5 Å². The number of rotatable bonds is 5. The molecule has 0 radical (unpaired) electrons. The molecular weight excluding hydrogens is 239 g/mol. The molecule has 5 nitrogen and oxygen atoms in total. The summed E-state index contributed by atoms with van der Waals surface area (Å²) in [6, 6.07) is 0. The molecule has 0 aliphatic rings. The first kappa shape index (κ1) is 12.4. The Hall–Kier alpha value is -0.650. The van der Waals surface area contributed by atoms with E-state index in [1.54, 1.807) is 0 Å². The molecule has 0 amide bonds. The van der Waals surface area contributed by atoms with Crippen LogP contribution < -0.4 is 5.32 Å². The molecule has 2 N–H and O–H groups in total. The molecule has 0 aliphatic carbocycles. The predicted molar refractivity (Wildman–Crippen MR) is 59.2 cm³/mol. The summed E-state index contributed by atoms with van der Waals surface area (Å²) in [5.41, 5.74) is 0.